The summed E-state index contributed by atoms with van der Waals surface area (Å²) in [5, 5.41) is 14.0. The number of benzene rings is 4. The van der Waals surface area contributed by atoms with Crippen LogP contribution in [0, 0.1) is 0 Å². The van der Waals surface area contributed by atoms with E-state index in [2.05, 4.69) is 83.4 Å². The number of aromatic nitrogens is 3. The number of ether oxygens (including phenoxy) is 1. The Kier molecular flexibility index (Phi) is 5.88. The summed E-state index contributed by atoms with van der Waals surface area (Å²) in [7, 11) is 0. The molecule has 1 aliphatic carbocycles. The molecule has 0 spiro atoms. The van der Waals surface area contributed by atoms with Crippen LogP contribution in [0.4, 0.5) is 0 Å². The summed E-state index contributed by atoms with van der Waals surface area (Å²) in [5.41, 5.74) is 6.15. The predicted octanol–water partition coefficient (Wildman–Crippen LogP) is 9.55. The Morgan fingerprint density at radius 2 is 1.48 bits per heavy atom. The number of pyridine rings is 2. The molecule has 8 rings (SSSR count). The molecule has 1 N–H and O–H groups in total. The van der Waals surface area contributed by atoms with Crippen LogP contribution < -0.4 is 4.74 Å². The van der Waals surface area contributed by atoms with E-state index in [1.165, 1.54) is 18.4 Å². The molecule has 0 unspecified atom stereocenters. The lowest BCUT2D eigenvalue weighted by Crippen LogP contribution is -1.99. The minimum absolute atomic E-state index is 0.178. The van der Waals surface area contributed by atoms with E-state index >= 15 is 0 Å². The van der Waals surface area contributed by atoms with Crippen molar-refractivity contribution in [3.63, 3.8) is 0 Å². The Hall–Kier alpha value is -5.16. The minimum atomic E-state index is 0.178. The van der Waals surface area contributed by atoms with Crippen molar-refractivity contribution in [3.8, 4) is 34.3 Å². The normalized spacial score (nSPS) is 13.8. The molecule has 0 atom stereocenters. The first-order valence-corrected chi connectivity index (χ1v) is 14.6. The maximum absolute atomic E-state index is 10.7. The molecular formula is C37H29N3O2. The quantitative estimate of drug-likeness (QED) is 0.233. The van der Waals surface area contributed by atoms with Gasteiger partial charge in [-0.2, -0.15) is 0 Å². The van der Waals surface area contributed by atoms with Crippen molar-refractivity contribution in [1.29, 1.82) is 0 Å². The molecule has 3 heterocycles. The molecule has 1 saturated carbocycles. The van der Waals surface area contributed by atoms with Crippen LogP contribution in [-0.4, -0.2) is 19.6 Å². The third-order valence-electron chi connectivity index (χ3n) is 8.57. The Bertz CT molecular complexity index is 2090. The molecule has 1 fully saturated rings. The van der Waals surface area contributed by atoms with Crippen LogP contribution in [0.5, 0.6) is 17.4 Å². The van der Waals surface area contributed by atoms with Crippen LogP contribution in [0.3, 0.4) is 0 Å². The molecule has 7 aromatic rings. The number of aromatic hydroxyl groups is 1. The summed E-state index contributed by atoms with van der Waals surface area (Å²) in [5.74, 6) is 2.66. The Morgan fingerprint density at radius 3 is 2.36 bits per heavy atom. The lowest BCUT2D eigenvalue weighted by Gasteiger charge is -2.16. The lowest BCUT2D eigenvalue weighted by molar-refractivity contribution is 0.459. The Morgan fingerprint density at radius 1 is 0.690 bits per heavy atom. The first-order valence-electron chi connectivity index (χ1n) is 14.6. The van der Waals surface area contributed by atoms with Crippen LogP contribution in [0.25, 0.3) is 49.7 Å². The molecule has 0 bridgehead atoms. The van der Waals surface area contributed by atoms with E-state index < -0.39 is 0 Å². The third-order valence-corrected chi connectivity index (χ3v) is 8.57. The fourth-order valence-electron chi connectivity index (χ4n) is 6.59. The number of nitrogens with zero attached hydrogens (tertiary/aromatic N) is 3. The van der Waals surface area contributed by atoms with E-state index in [1.54, 1.807) is 6.07 Å². The monoisotopic (exact) mass is 547 g/mol. The van der Waals surface area contributed by atoms with Crippen LogP contribution in [0.2, 0.25) is 0 Å². The first-order chi connectivity index (χ1) is 20.7. The van der Waals surface area contributed by atoms with Gasteiger partial charge in [0.2, 0.25) is 5.88 Å². The van der Waals surface area contributed by atoms with Gasteiger partial charge in [-0.1, -0.05) is 73.5 Å². The number of fused-ring (bicyclic) bond motifs is 4. The SMILES string of the molecule is Oc1cccc2c(C3CCCC3)cc(Oc3ccc4c5ccccc5n(-c5cc(-c6ccccc6)ccn5)c4c3)nc12. The zero-order valence-electron chi connectivity index (χ0n) is 23.1. The Balaban J connectivity index is 1.27. The number of hydrogen-bond acceptors (Lipinski definition) is 4. The fraction of sp³-hybridized carbons (Fsp3) is 0.135. The highest BCUT2D eigenvalue weighted by Gasteiger charge is 2.22. The zero-order chi connectivity index (χ0) is 28.0. The van der Waals surface area contributed by atoms with Crippen molar-refractivity contribution >= 4 is 32.7 Å². The summed E-state index contributed by atoms with van der Waals surface area (Å²) < 4.78 is 8.68. The van der Waals surface area contributed by atoms with E-state index in [9.17, 15) is 5.11 Å². The highest BCUT2D eigenvalue weighted by atomic mass is 16.5. The molecule has 5 heteroatoms. The summed E-state index contributed by atoms with van der Waals surface area (Å²) in [6.45, 7) is 0. The Labute approximate surface area is 243 Å². The highest BCUT2D eigenvalue weighted by molar-refractivity contribution is 6.09. The van der Waals surface area contributed by atoms with E-state index in [4.69, 9.17) is 14.7 Å². The second-order valence-corrected chi connectivity index (χ2v) is 11.1. The molecule has 4 aromatic carbocycles. The van der Waals surface area contributed by atoms with Gasteiger partial charge in [-0.15, -0.1) is 0 Å². The molecule has 3 aromatic heterocycles. The van der Waals surface area contributed by atoms with E-state index in [-0.39, 0.29) is 5.75 Å². The van der Waals surface area contributed by atoms with Crippen molar-refractivity contribution < 1.29 is 9.84 Å². The van der Waals surface area contributed by atoms with Crippen molar-refractivity contribution in [1.82, 2.24) is 14.5 Å². The van der Waals surface area contributed by atoms with E-state index in [0.717, 1.165) is 57.0 Å². The molecule has 5 nitrogen and oxygen atoms in total. The molecule has 1 aliphatic rings. The van der Waals surface area contributed by atoms with Gasteiger partial charge in [0.05, 0.1) is 11.0 Å². The van der Waals surface area contributed by atoms with Gasteiger partial charge in [-0.05, 0) is 71.8 Å². The average Bonchev–Trinajstić information content (AvgIpc) is 3.68. The topological polar surface area (TPSA) is 60.2 Å². The molecule has 0 aliphatic heterocycles. The molecule has 0 saturated heterocycles. The van der Waals surface area contributed by atoms with Gasteiger partial charge in [0.15, 0.2) is 0 Å². The van der Waals surface area contributed by atoms with Crippen LogP contribution in [-0.2, 0) is 0 Å². The fourth-order valence-corrected chi connectivity index (χ4v) is 6.59. The van der Waals surface area contributed by atoms with Crippen molar-refractivity contribution in [3.05, 3.63) is 121 Å². The van der Waals surface area contributed by atoms with Gasteiger partial charge in [0.1, 0.15) is 22.8 Å². The van der Waals surface area contributed by atoms with Gasteiger partial charge in [-0.3, -0.25) is 4.57 Å². The largest absolute Gasteiger partial charge is 0.506 e. The van der Waals surface area contributed by atoms with E-state index in [1.807, 2.05) is 30.5 Å². The molecule has 42 heavy (non-hydrogen) atoms. The summed E-state index contributed by atoms with van der Waals surface area (Å²) >= 11 is 0. The second-order valence-electron chi connectivity index (χ2n) is 11.1. The maximum Gasteiger partial charge on any atom is 0.220 e. The third kappa shape index (κ3) is 4.17. The summed E-state index contributed by atoms with van der Waals surface area (Å²) in [6.07, 6.45) is 6.62. The highest BCUT2D eigenvalue weighted by Crippen LogP contribution is 2.41. The smallest absolute Gasteiger partial charge is 0.220 e. The van der Waals surface area contributed by atoms with Crippen LogP contribution >= 0.6 is 0 Å². The van der Waals surface area contributed by atoms with Crippen molar-refractivity contribution in [2.75, 3.05) is 0 Å². The number of para-hydroxylation sites is 2. The standard InChI is InChI=1S/C37H29N3O2/c41-34-16-8-14-30-31(25-11-4-5-12-25)23-36(39-37(30)34)42-27-17-18-29-28-13-6-7-15-32(28)40(33(29)22-27)35-21-26(19-20-38-35)24-9-2-1-3-10-24/h1-3,6-10,13-23,25,41H,4-5,11-12H2. The number of rotatable bonds is 5. The molecular weight excluding hydrogens is 518 g/mol. The summed E-state index contributed by atoms with van der Waals surface area (Å²) in [6, 6.07) is 36.9. The molecule has 0 radical (unpaired) electrons. The zero-order valence-corrected chi connectivity index (χ0v) is 23.1. The van der Waals surface area contributed by atoms with Gasteiger partial charge in [0, 0.05) is 34.5 Å². The molecule has 204 valence electrons. The lowest BCUT2D eigenvalue weighted by atomic mass is 9.94. The number of hydrogen-bond donors (Lipinski definition) is 1. The summed E-state index contributed by atoms with van der Waals surface area (Å²) in [4.78, 5) is 9.56. The number of phenols is 1. The predicted molar refractivity (Wildman–Crippen MR) is 169 cm³/mol. The van der Waals surface area contributed by atoms with Gasteiger partial charge < -0.3 is 9.84 Å². The van der Waals surface area contributed by atoms with Crippen molar-refractivity contribution in [2.45, 2.75) is 31.6 Å². The second kappa shape index (κ2) is 10.0. The van der Waals surface area contributed by atoms with Crippen LogP contribution in [0.1, 0.15) is 37.2 Å². The molecule has 0 amide bonds. The van der Waals surface area contributed by atoms with Crippen molar-refractivity contribution in [2.24, 2.45) is 0 Å². The number of phenolic OH excluding ortho intramolecular Hbond substituents is 1. The van der Waals surface area contributed by atoms with Gasteiger partial charge in [-0.25, -0.2) is 9.97 Å². The van der Waals surface area contributed by atoms with Crippen LogP contribution in [0.15, 0.2) is 115 Å². The van der Waals surface area contributed by atoms with Gasteiger partial charge in [0.25, 0.3) is 0 Å². The van der Waals surface area contributed by atoms with Gasteiger partial charge >= 0.3 is 0 Å². The first kappa shape index (κ1) is 24.6. The average molecular weight is 548 g/mol. The minimum Gasteiger partial charge on any atom is -0.506 e. The maximum atomic E-state index is 10.7. The van der Waals surface area contributed by atoms with E-state index in [0.29, 0.717) is 23.1 Å².